The zero-order valence-corrected chi connectivity index (χ0v) is 10.9. The van der Waals surface area contributed by atoms with E-state index in [4.69, 9.17) is 5.73 Å². The number of phenols is 1. The topological polar surface area (TPSA) is 64.1 Å². The number of imidazole rings is 1. The van der Waals surface area contributed by atoms with Gasteiger partial charge >= 0.3 is 0 Å². The molecular formula is C13H10BrN3O. The number of rotatable bonds is 1. The number of aromatic nitrogens is 2. The Labute approximate surface area is 112 Å². The van der Waals surface area contributed by atoms with E-state index in [1.807, 2.05) is 22.8 Å². The zero-order valence-electron chi connectivity index (χ0n) is 9.34. The first-order chi connectivity index (χ1) is 8.65. The van der Waals surface area contributed by atoms with E-state index in [-0.39, 0.29) is 5.75 Å². The van der Waals surface area contributed by atoms with E-state index in [1.165, 1.54) is 0 Å². The minimum Gasteiger partial charge on any atom is -0.506 e. The van der Waals surface area contributed by atoms with Gasteiger partial charge in [-0.2, -0.15) is 0 Å². The second kappa shape index (κ2) is 4.03. The van der Waals surface area contributed by atoms with Crippen LogP contribution in [0.15, 0.2) is 47.2 Å². The standard InChI is InChI=1S/C13H10BrN3O/c14-8-1-3-11-12(5-8)17(7-16-11)9-2-4-13(18)10(15)6-9/h1-7,18H,15H2. The highest BCUT2D eigenvalue weighted by molar-refractivity contribution is 9.10. The van der Waals surface area contributed by atoms with E-state index in [9.17, 15) is 5.11 Å². The van der Waals surface area contributed by atoms with E-state index in [1.54, 1.807) is 24.5 Å². The number of aromatic hydroxyl groups is 1. The Kier molecular flexibility index (Phi) is 2.48. The maximum Gasteiger partial charge on any atom is 0.138 e. The summed E-state index contributed by atoms with van der Waals surface area (Å²) in [6.45, 7) is 0. The van der Waals surface area contributed by atoms with E-state index < -0.39 is 0 Å². The summed E-state index contributed by atoms with van der Waals surface area (Å²) in [5.74, 6) is 0.0874. The number of halogens is 1. The number of nitrogens with two attached hydrogens (primary N) is 1. The Morgan fingerprint density at radius 1 is 1.17 bits per heavy atom. The highest BCUT2D eigenvalue weighted by Crippen LogP contribution is 2.26. The molecule has 3 aromatic rings. The number of nitrogens with zero attached hydrogens (tertiary/aromatic N) is 2. The summed E-state index contributed by atoms with van der Waals surface area (Å²) in [4.78, 5) is 4.33. The Bertz CT molecular complexity index is 736. The van der Waals surface area contributed by atoms with Crippen molar-refractivity contribution in [3.8, 4) is 11.4 Å². The summed E-state index contributed by atoms with van der Waals surface area (Å²) in [5, 5.41) is 9.44. The van der Waals surface area contributed by atoms with Crippen molar-refractivity contribution < 1.29 is 5.11 Å². The highest BCUT2D eigenvalue weighted by Gasteiger charge is 2.06. The number of phenolic OH excluding ortho intramolecular Hbond substituents is 1. The third kappa shape index (κ3) is 1.73. The molecule has 4 nitrogen and oxygen atoms in total. The van der Waals surface area contributed by atoms with Gasteiger partial charge in [-0.3, -0.25) is 4.57 Å². The Morgan fingerprint density at radius 2 is 2.00 bits per heavy atom. The summed E-state index contributed by atoms with van der Waals surface area (Å²) < 4.78 is 2.92. The van der Waals surface area contributed by atoms with Gasteiger partial charge in [-0.15, -0.1) is 0 Å². The molecule has 18 heavy (non-hydrogen) atoms. The molecule has 0 atom stereocenters. The second-order valence-corrected chi connectivity index (χ2v) is 4.91. The van der Waals surface area contributed by atoms with Gasteiger partial charge < -0.3 is 10.8 Å². The van der Waals surface area contributed by atoms with Gasteiger partial charge in [0.25, 0.3) is 0 Å². The maximum absolute atomic E-state index is 9.44. The third-order valence-electron chi connectivity index (χ3n) is 2.80. The molecule has 0 aliphatic rings. The molecule has 0 spiro atoms. The smallest absolute Gasteiger partial charge is 0.138 e. The molecule has 0 fully saturated rings. The van der Waals surface area contributed by atoms with Crippen LogP contribution in [0.1, 0.15) is 0 Å². The predicted octanol–water partition coefficient (Wildman–Crippen LogP) is 3.08. The van der Waals surface area contributed by atoms with Crippen LogP contribution in [0.2, 0.25) is 0 Å². The lowest BCUT2D eigenvalue weighted by Crippen LogP contribution is -1.94. The van der Waals surface area contributed by atoms with Crippen LogP contribution in [0.25, 0.3) is 16.7 Å². The van der Waals surface area contributed by atoms with Crippen LogP contribution in [0, 0.1) is 0 Å². The molecule has 0 unspecified atom stereocenters. The monoisotopic (exact) mass is 303 g/mol. The molecule has 0 saturated carbocycles. The van der Waals surface area contributed by atoms with Gasteiger partial charge in [0.15, 0.2) is 0 Å². The number of fused-ring (bicyclic) bond motifs is 1. The van der Waals surface area contributed by atoms with Crippen LogP contribution >= 0.6 is 15.9 Å². The van der Waals surface area contributed by atoms with E-state index >= 15 is 0 Å². The fourth-order valence-electron chi connectivity index (χ4n) is 1.88. The molecule has 0 bridgehead atoms. The van der Waals surface area contributed by atoms with Crippen LogP contribution in [0.3, 0.4) is 0 Å². The van der Waals surface area contributed by atoms with Crippen LogP contribution < -0.4 is 5.73 Å². The van der Waals surface area contributed by atoms with Gasteiger partial charge in [0.1, 0.15) is 12.1 Å². The molecule has 90 valence electrons. The Morgan fingerprint density at radius 3 is 2.78 bits per heavy atom. The summed E-state index contributed by atoms with van der Waals surface area (Å²) >= 11 is 3.44. The first-order valence-corrected chi connectivity index (χ1v) is 6.16. The first-order valence-electron chi connectivity index (χ1n) is 5.36. The van der Waals surface area contributed by atoms with Gasteiger partial charge in [0.2, 0.25) is 0 Å². The molecule has 0 radical (unpaired) electrons. The highest BCUT2D eigenvalue weighted by atomic mass is 79.9. The second-order valence-electron chi connectivity index (χ2n) is 3.99. The number of hydrogen-bond donors (Lipinski definition) is 2. The summed E-state index contributed by atoms with van der Waals surface area (Å²) in [6, 6.07) is 11.0. The van der Waals surface area contributed by atoms with Gasteiger partial charge in [0.05, 0.1) is 16.7 Å². The molecule has 1 aromatic heterocycles. The van der Waals surface area contributed by atoms with Crippen molar-refractivity contribution in [2.24, 2.45) is 0 Å². The molecule has 3 rings (SSSR count). The van der Waals surface area contributed by atoms with Crippen LogP contribution in [-0.2, 0) is 0 Å². The molecule has 3 N–H and O–H groups in total. The third-order valence-corrected chi connectivity index (χ3v) is 3.29. The fourth-order valence-corrected chi connectivity index (χ4v) is 2.23. The van der Waals surface area contributed by atoms with Gasteiger partial charge in [-0.25, -0.2) is 4.98 Å². The van der Waals surface area contributed by atoms with E-state index in [2.05, 4.69) is 20.9 Å². The quantitative estimate of drug-likeness (QED) is 0.536. The summed E-state index contributed by atoms with van der Waals surface area (Å²) in [7, 11) is 0. The Balaban J connectivity index is 2.24. The number of anilines is 1. The van der Waals surface area contributed by atoms with Gasteiger partial charge in [0, 0.05) is 10.2 Å². The van der Waals surface area contributed by atoms with Crippen LogP contribution in [0.5, 0.6) is 5.75 Å². The zero-order chi connectivity index (χ0) is 12.7. The van der Waals surface area contributed by atoms with E-state index in [0.717, 1.165) is 21.2 Å². The average Bonchev–Trinajstić information content (AvgIpc) is 2.75. The SMILES string of the molecule is Nc1cc(-n2cnc3ccc(Br)cc32)ccc1O. The van der Waals surface area contributed by atoms with Gasteiger partial charge in [-0.05, 0) is 36.4 Å². The van der Waals surface area contributed by atoms with Crippen molar-refractivity contribution in [1.82, 2.24) is 9.55 Å². The molecule has 1 heterocycles. The molecular weight excluding hydrogens is 294 g/mol. The first kappa shape index (κ1) is 11.1. The van der Waals surface area contributed by atoms with Crippen LogP contribution in [-0.4, -0.2) is 14.7 Å². The Hall–Kier alpha value is -2.01. The largest absolute Gasteiger partial charge is 0.506 e. The number of hydrogen-bond acceptors (Lipinski definition) is 3. The summed E-state index contributed by atoms with van der Waals surface area (Å²) in [6.07, 6.45) is 1.74. The molecule has 0 amide bonds. The molecule has 2 aromatic carbocycles. The minimum absolute atomic E-state index is 0.0874. The molecule has 0 saturated heterocycles. The average molecular weight is 304 g/mol. The molecule has 0 aliphatic heterocycles. The number of nitrogen functional groups attached to an aromatic ring is 1. The lowest BCUT2D eigenvalue weighted by atomic mass is 10.2. The molecule has 5 heteroatoms. The van der Waals surface area contributed by atoms with Crippen molar-refractivity contribution in [3.63, 3.8) is 0 Å². The van der Waals surface area contributed by atoms with Crippen molar-refractivity contribution >= 4 is 32.7 Å². The molecule has 0 aliphatic carbocycles. The predicted molar refractivity (Wildman–Crippen MR) is 74.8 cm³/mol. The van der Waals surface area contributed by atoms with Crippen LogP contribution in [0.4, 0.5) is 5.69 Å². The summed E-state index contributed by atoms with van der Waals surface area (Å²) in [5.41, 5.74) is 8.81. The maximum atomic E-state index is 9.44. The number of benzene rings is 2. The normalized spacial score (nSPS) is 10.9. The minimum atomic E-state index is 0.0874. The fraction of sp³-hybridized carbons (Fsp3) is 0. The van der Waals surface area contributed by atoms with Crippen molar-refractivity contribution in [2.45, 2.75) is 0 Å². The van der Waals surface area contributed by atoms with Gasteiger partial charge in [-0.1, -0.05) is 15.9 Å². The van der Waals surface area contributed by atoms with Crippen molar-refractivity contribution in [3.05, 3.63) is 47.2 Å². The van der Waals surface area contributed by atoms with E-state index in [0.29, 0.717) is 5.69 Å². The van der Waals surface area contributed by atoms with Crippen molar-refractivity contribution in [2.75, 3.05) is 5.73 Å². The lowest BCUT2D eigenvalue weighted by molar-refractivity contribution is 0.478. The lowest BCUT2D eigenvalue weighted by Gasteiger charge is -2.06. The van der Waals surface area contributed by atoms with Crippen molar-refractivity contribution in [1.29, 1.82) is 0 Å².